The summed E-state index contributed by atoms with van der Waals surface area (Å²) in [4.78, 5) is 7.81. The molecular weight excluding hydrogens is 302 g/mol. The van der Waals surface area contributed by atoms with Crippen molar-refractivity contribution in [2.75, 3.05) is 0 Å². The van der Waals surface area contributed by atoms with Crippen molar-refractivity contribution in [3.8, 4) is 5.82 Å². The first-order chi connectivity index (χ1) is 6.25. The molecule has 2 rings (SSSR count). The van der Waals surface area contributed by atoms with Crippen LogP contribution in [-0.4, -0.2) is 19.7 Å². The molecule has 4 nitrogen and oxygen atoms in total. The van der Waals surface area contributed by atoms with Gasteiger partial charge in [-0.1, -0.05) is 11.6 Å². The van der Waals surface area contributed by atoms with Gasteiger partial charge in [0.25, 0.3) is 0 Å². The predicted molar refractivity (Wildman–Crippen MR) is 56.9 cm³/mol. The maximum atomic E-state index is 5.71. The summed E-state index contributed by atoms with van der Waals surface area (Å²) >= 11 is 7.88. The van der Waals surface area contributed by atoms with Crippen LogP contribution in [0, 0.1) is 3.57 Å². The van der Waals surface area contributed by atoms with E-state index in [1.54, 1.807) is 16.9 Å². The van der Waals surface area contributed by atoms with Crippen molar-refractivity contribution in [1.82, 2.24) is 19.7 Å². The summed E-state index contributed by atoms with van der Waals surface area (Å²) < 4.78 is 2.70. The van der Waals surface area contributed by atoms with Gasteiger partial charge in [0.15, 0.2) is 5.82 Å². The van der Waals surface area contributed by atoms with E-state index in [-0.39, 0.29) is 0 Å². The van der Waals surface area contributed by atoms with Crippen molar-refractivity contribution < 1.29 is 0 Å². The molecule has 66 valence electrons. The Kier molecular flexibility index (Phi) is 2.45. The lowest BCUT2D eigenvalue weighted by molar-refractivity contribution is 0.839. The highest BCUT2D eigenvalue weighted by Gasteiger charge is 2.00. The summed E-state index contributed by atoms with van der Waals surface area (Å²) in [6, 6.07) is 1.66. The molecule has 0 amide bonds. The van der Waals surface area contributed by atoms with Gasteiger partial charge in [-0.05, 0) is 22.6 Å². The number of hydrogen-bond donors (Lipinski definition) is 0. The van der Waals surface area contributed by atoms with Gasteiger partial charge in [-0.15, -0.1) is 0 Å². The fourth-order valence-electron chi connectivity index (χ4n) is 0.876. The Morgan fingerprint density at radius 1 is 1.38 bits per heavy atom. The minimum Gasteiger partial charge on any atom is -0.224 e. The van der Waals surface area contributed by atoms with E-state index in [1.807, 2.05) is 6.20 Å². The van der Waals surface area contributed by atoms with E-state index in [1.165, 1.54) is 6.33 Å². The maximum absolute atomic E-state index is 5.71. The van der Waals surface area contributed by atoms with Crippen LogP contribution < -0.4 is 0 Å². The molecule has 0 aromatic carbocycles. The smallest absolute Gasteiger partial charge is 0.158 e. The Hall–Kier alpha value is -0.690. The topological polar surface area (TPSA) is 43.6 Å². The van der Waals surface area contributed by atoms with Crippen LogP contribution >= 0.6 is 34.2 Å². The van der Waals surface area contributed by atoms with Crippen molar-refractivity contribution in [1.29, 1.82) is 0 Å². The van der Waals surface area contributed by atoms with Gasteiger partial charge in [-0.25, -0.2) is 14.6 Å². The van der Waals surface area contributed by atoms with Crippen LogP contribution in [0.5, 0.6) is 0 Å². The highest BCUT2D eigenvalue weighted by atomic mass is 127. The molecule has 0 saturated heterocycles. The van der Waals surface area contributed by atoms with Crippen molar-refractivity contribution in [2.24, 2.45) is 0 Å². The molecule has 0 aliphatic carbocycles. The first kappa shape index (κ1) is 8.89. The molecule has 2 aromatic rings. The molecule has 0 saturated carbocycles. The standard InChI is InChI=1S/C7H4ClIN4/c8-6-1-7(11-4-10-6)13-3-5(9)2-12-13/h1-4H. The van der Waals surface area contributed by atoms with E-state index < -0.39 is 0 Å². The Balaban J connectivity index is 2.46. The largest absolute Gasteiger partial charge is 0.224 e. The minimum atomic E-state index is 0.413. The van der Waals surface area contributed by atoms with Gasteiger partial charge < -0.3 is 0 Å². The third-order valence-electron chi connectivity index (χ3n) is 1.41. The lowest BCUT2D eigenvalue weighted by Crippen LogP contribution is -1.97. The van der Waals surface area contributed by atoms with Crippen LogP contribution in [0.4, 0.5) is 0 Å². The van der Waals surface area contributed by atoms with Crippen LogP contribution in [0.2, 0.25) is 5.15 Å². The Morgan fingerprint density at radius 3 is 2.85 bits per heavy atom. The highest BCUT2D eigenvalue weighted by molar-refractivity contribution is 14.1. The molecule has 2 aromatic heterocycles. The average molecular weight is 306 g/mol. The fraction of sp³-hybridized carbons (Fsp3) is 0. The zero-order chi connectivity index (χ0) is 9.26. The Bertz CT molecular complexity index is 428. The SMILES string of the molecule is Clc1cc(-n2cc(I)cn2)ncn1. The van der Waals surface area contributed by atoms with Crippen molar-refractivity contribution >= 4 is 34.2 Å². The number of halogens is 2. The van der Waals surface area contributed by atoms with Gasteiger partial charge >= 0.3 is 0 Å². The zero-order valence-corrected chi connectivity index (χ0v) is 9.27. The maximum Gasteiger partial charge on any atom is 0.158 e. The van der Waals surface area contributed by atoms with Crippen LogP contribution in [0.25, 0.3) is 5.82 Å². The molecule has 0 N–H and O–H groups in total. The molecule has 0 fully saturated rings. The molecule has 0 bridgehead atoms. The van der Waals surface area contributed by atoms with Gasteiger partial charge in [-0.2, -0.15) is 5.10 Å². The van der Waals surface area contributed by atoms with Gasteiger partial charge in [0.2, 0.25) is 0 Å². The van der Waals surface area contributed by atoms with E-state index in [9.17, 15) is 0 Å². The van der Waals surface area contributed by atoms with Crippen LogP contribution in [0.3, 0.4) is 0 Å². The Morgan fingerprint density at radius 2 is 2.23 bits per heavy atom. The summed E-state index contributed by atoms with van der Waals surface area (Å²) in [6.45, 7) is 0. The number of rotatable bonds is 1. The molecule has 13 heavy (non-hydrogen) atoms. The first-order valence-electron chi connectivity index (χ1n) is 3.44. The van der Waals surface area contributed by atoms with E-state index in [0.717, 1.165) is 3.57 Å². The predicted octanol–water partition coefficient (Wildman–Crippen LogP) is 1.92. The van der Waals surface area contributed by atoms with E-state index in [0.29, 0.717) is 11.0 Å². The lowest BCUT2D eigenvalue weighted by Gasteiger charge is -1.97. The second-order valence-electron chi connectivity index (χ2n) is 2.30. The molecular formula is C7H4ClIN4. The second-order valence-corrected chi connectivity index (χ2v) is 3.93. The summed E-state index contributed by atoms with van der Waals surface area (Å²) in [5.74, 6) is 0.669. The summed E-state index contributed by atoms with van der Waals surface area (Å²) in [5, 5.41) is 4.50. The summed E-state index contributed by atoms with van der Waals surface area (Å²) in [5.41, 5.74) is 0. The van der Waals surface area contributed by atoms with Crippen molar-refractivity contribution in [3.63, 3.8) is 0 Å². The van der Waals surface area contributed by atoms with Gasteiger partial charge in [0.05, 0.1) is 9.77 Å². The number of hydrogen-bond acceptors (Lipinski definition) is 3. The highest BCUT2D eigenvalue weighted by Crippen LogP contribution is 2.10. The molecule has 0 unspecified atom stereocenters. The van der Waals surface area contributed by atoms with Crippen molar-refractivity contribution in [2.45, 2.75) is 0 Å². The molecule has 0 radical (unpaired) electrons. The minimum absolute atomic E-state index is 0.413. The number of aromatic nitrogens is 4. The van der Waals surface area contributed by atoms with Gasteiger partial charge in [0, 0.05) is 12.3 Å². The van der Waals surface area contributed by atoms with Gasteiger partial charge in [0.1, 0.15) is 11.5 Å². The third-order valence-corrected chi connectivity index (χ3v) is 2.17. The van der Waals surface area contributed by atoms with E-state index in [2.05, 4.69) is 37.7 Å². The summed E-state index contributed by atoms with van der Waals surface area (Å²) in [6.07, 6.45) is 5.02. The lowest BCUT2D eigenvalue weighted by atomic mass is 10.6. The van der Waals surface area contributed by atoms with Crippen LogP contribution in [0.15, 0.2) is 24.8 Å². The molecule has 0 atom stereocenters. The van der Waals surface area contributed by atoms with E-state index in [4.69, 9.17) is 11.6 Å². The number of nitrogens with zero attached hydrogens (tertiary/aromatic N) is 4. The normalized spacial score (nSPS) is 10.3. The first-order valence-corrected chi connectivity index (χ1v) is 4.89. The molecule has 2 heterocycles. The molecule has 6 heteroatoms. The quantitative estimate of drug-likeness (QED) is 0.597. The fourth-order valence-corrected chi connectivity index (χ4v) is 1.41. The Labute approximate surface area is 93.1 Å². The summed E-state index contributed by atoms with van der Waals surface area (Å²) in [7, 11) is 0. The molecule has 0 aliphatic heterocycles. The van der Waals surface area contributed by atoms with Crippen molar-refractivity contribution in [3.05, 3.63) is 33.5 Å². The second kappa shape index (κ2) is 3.59. The average Bonchev–Trinajstić information content (AvgIpc) is 2.52. The van der Waals surface area contributed by atoms with Gasteiger partial charge in [-0.3, -0.25) is 0 Å². The monoisotopic (exact) mass is 306 g/mol. The van der Waals surface area contributed by atoms with Crippen LogP contribution in [0.1, 0.15) is 0 Å². The molecule has 0 spiro atoms. The van der Waals surface area contributed by atoms with Crippen LogP contribution in [-0.2, 0) is 0 Å². The zero-order valence-electron chi connectivity index (χ0n) is 6.35. The molecule has 0 aliphatic rings. The third kappa shape index (κ3) is 1.97. The van der Waals surface area contributed by atoms with E-state index >= 15 is 0 Å².